The van der Waals surface area contributed by atoms with Gasteiger partial charge in [0, 0.05) is 26.1 Å². The first kappa shape index (κ1) is 21.4. The highest BCUT2D eigenvalue weighted by atomic mass is 16.5. The van der Waals surface area contributed by atoms with Gasteiger partial charge in [0.2, 0.25) is 5.91 Å². The van der Waals surface area contributed by atoms with Crippen molar-refractivity contribution in [2.24, 2.45) is 5.92 Å². The molecule has 0 spiro atoms. The van der Waals surface area contributed by atoms with Crippen LogP contribution in [-0.2, 0) is 24.3 Å². The number of carbonyl (C=O) groups excluding carboxylic acids is 1. The van der Waals surface area contributed by atoms with Crippen molar-refractivity contribution < 1.29 is 9.53 Å². The van der Waals surface area contributed by atoms with Gasteiger partial charge in [0.25, 0.3) is 0 Å². The van der Waals surface area contributed by atoms with Crippen molar-refractivity contribution in [1.82, 2.24) is 10.2 Å². The summed E-state index contributed by atoms with van der Waals surface area (Å²) >= 11 is 0. The van der Waals surface area contributed by atoms with E-state index in [9.17, 15) is 4.79 Å². The van der Waals surface area contributed by atoms with Gasteiger partial charge in [-0.2, -0.15) is 0 Å². The number of amides is 1. The number of nitrogens with one attached hydrogen (secondary N) is 1. The monoisotopic (exact) mass is 394 g/mol. The summed E-state index contributed by atoms with van der Waals surface area (Å²) in [5, 5.41) is 3.11. The minimum absolute atomic E-state index is 0.0975. The summed E-state index contributed by atoms with van der Waals surface area (Å²) in [6, 6.07) is 16.5. The SMILES string of the molecule is CCOc1ccc(CCC(=O)NCc2ccccc2CN2CCCC(C)C2)cc1. The molecule has 1 aliphatic heterocycles. The van der Waals surface area contributed by atoms with E-state index in [1.165, 1.54) is 37.1 Å². The molecule has 1 amide bonds. The summed E-state index contributed by atoms with van der Waals surface area (Å²) in [6.07, 6.45) is 3.86. The van der Waals surface area contributed by atoms with Crippen LogP contribution in [0.15, 0.2) is 48.5 Å². The summed E-state index contributed by atoms with van der Waals surface area (Å²) in [5.41, 5.74) is 3.71. The Morgan fingerprint density at radius 3 is 2.62 bits per heavy atom. The topological polar surface area (TPSA) is 41.6 Å². The molecule has 29 heavy (non-hydrogen) atoms. The fraction of sp³-hybridized carbons (Fsp3) is 0.480. The molecule has 0 aliphatic carbocycles. The maximum Gasteiger partial charge on any atom is 0.220 e. The number of hydrogen-bond acceptors (Lipinski definition) is 3. The van der Waals surface area contributed by atoms with E-state index in [0.717, 1.165) is 30.2 Å². The predicted octanol–water partition coefficient (Wildman–Crippen LogP) is 4.57. The Bertz CT molecular complexity index is 773. The minimum Gasteiger partial charge on any atom is -0.494 e. The number of likely N-dealkylation sites (tertiary alicyclic amines) is 1. The van der Waals surface area contributed by atoms with Crippen LogP contribution in [0, 0.1) is 5.92 Å². The lowest BCUT2D eigenvalue weighted by atomic mass is 9.99. The minimum atomic E-state index is 0.0975. The Hall–Kier alpha value is -2.33. The zero-order chi connectivity index (χ0) is 20.5. The summed E-state index contributed by atoms with van der Waals surface area (Å²) in [6.45, 7) is 8.90. The standard InChI is InChI=1S/C25H34N2O2/c1-3-29-24-13-10-21(11-14-24)12-15-25(28)26-17-22-8-4-5-9-23(22)19-27-16-6-7-20(2)18-27/h4-5,8-11,13-14,20H,3,6-7,12,15-19H2,1-2H3,(H,26,28). The number of benzene rings is 2. The van der Waals surface area contributed by atoms with E-state index in [4.69, 9.17) is 4.74 Å². The molecule has 1 unspecified atom stereocenters. The van der Waals surface area contributed by atoms with Gasteiger partial charge in [-0.15, -0.1) is 0 Å². The normalized spacial score (nSPS) is 17.1. The molecule has 1 saturated heterocycles. The van der Waals surface area contributed by atoms with Crippen molar-refractivity contribution in [2.75, 3.05) is 19.7 Å². The molecule has 0 bridgehead atoms. The van der Waals surface area contributed by atoms with Crippen molar-refractivity contribution in [1.29, 1.82) is 0 Å². The molecule has 3 rings (SSSR count). The van der Waals surface area contributed by atoms with Crippen LogP contribution in [0.3, 0.4) is 0 Å². The van der Waals surface area contributed by atoms with Crippen molar-refractivity contribution in [3.8, 4) is 5.75 Å². The number of aryl methyl sites for hydroxylation is 1. The fourth-order valence-electron chi connectivity index (χ4n) is 4.01. The molecule has 0 radical (unpaired) electrons. The maximum atomic E-state index is 12.4. The van der Waals surface area contributed by atoms with Crippen molar-refractivity contribution in [2.45, 2.75) is 52.6 Å². The van der Waals surface area contributed by atoms with Gasteiger partial charge in [-0.05, 0) is 67.5 Å². The van der Waals surface area contributed by atoms with Crippen LogP contribution in [0.5, 0.6) is 5.75 Å². The quantitative estimate of drug-likeness (QED) is 0.678. The van der Waals surface area contributed by atoms with Crippen molar-refractivity contribution in [3.63, 3.8) is 0 Å². The van der Waals surface area contributed by atoms with Crippen LogP contribution in [0.2, 0.25) is 0 Å². The molecule has 2 aromatic carbocycles. The molecule has 4 heteroatoms. The Balaban J connectivity index is 1.47. The van der Waals surface area contributed by atoms with E-state index in [0.29, 0.717) is 19.6 Å². The number of carbonyl (C=O) groups is 1. The second-order valence-corrected chi connectivity index (χ2v) is 8.10. The first-order chi connectivity index (χ1) is 14.1. The van der Waals surface area contributed by atoms with E-state index < -0.39 is 0 Å². The first-order valence-corrected chi connectivity index (χ1v) is 10.9. The van der Waals surface area contributed by atoms with Crippen LogP contribution < -0.4 is 10.1 Å². The molecule has 1 fully saturated rings. The zero-order valence-corrected chi connectivity index (χ0v) is 17.8. The average molecular weight is 395 g/mol. The number of piperidine rings is 1. The molecular formula is C25H34N2O2. The van der Waals surface area contributed by atoms with Crippen LogP contribution in [-0.4, -0.2) is 30.5 Å². The van der Waals surface area contributed by atoms with Crippen LogP contribution in [0.1, 0.15) is 49.8 Å². The summed E-state index contributed by atoms with van der Waals surface area (Å²) in [5.74, 6) is 1.75. The number of hydrogen-bond donors (Lipinski definition) is 1. The van der Waals surface area contributed by atoms with Gasteiger partial charge >= 0.3 is 0 Å². The summed E-state index contributed by atoms with van der Waals surface area (Å²) in [7, 11) is 0. The van der Waals surface area contributed by atoms with Crippen molar-refractivity contribution >= 4 is 5.91 Å². The van der Waals surface area contributed by atoms with E-state index in [1.807, 2.05) is 31.2 Å². The highest BCUT2D eigenvalue weighted by Crippen LogP contribution is 2.19. The van der Waals surface area contributed by atoms with E-state index in [1.54, 1.807) is 0 Å². The molecular weight excluding hydrogens is 360 g/mol. The molecule has 1 heterocycles. The largest absolute Gasteiger partial charge is 0.494 e. The lowest BCUT2D eigenvalue weighted by molar-refractivity contribution is -0.121. The second kappa shape index (κ2) is 11.0. The highest BCUT2D eigenvalue weighted by molar-refractivity contribution is 5.76. The Labute approximate surface area is 175 Å². The maximum absolute atomic E-state index is 12.4. The van der Waals surface area contributed by atoms with Gasteiger partial charge in [0.05, 0.1) is 6.61 Å². The second-order valence-electron chi connectivity index (χ2n) is 8.10. The molecule has 1 N–H and O–H groups in total. The third kappa shape index (κ3) is 6.90. The number of ether oxygens (including phenoxy) is 1. The molecule has 0 saturated carbocycles. The molecule has 1 aliphatic rings. The lowest BCUT2D eigenvalue weighted by Crippen LogP contribution is -2.34. The van der Waals surface area contributed by atoms with Gasteiger partial charge in [-0.3, -0.25) is 9.69 Å². The van der Waals surface area contributed by atoms with E-state index in [-0.39, 0.29) is 5.91 Å². The van der Waals surface area contributed by atoms with E-state index in [2.05, 4.69) is 41.4 Å². The van der Waals surface area contributed by atoms with Gasteiger partial charge in [-0.25, -0.2) is 0 Å². The smallest absolute Gasteiger partial charge is 0.220 e. The first-order valence-electron chi connectivity index (χ1n) is 10.9. The molecule has 1 atom stereocenters. The third-order valence-corrected chi connectivity index (χ3v) is 5.60. The third-order valence-electron chi connectivity index (χ3n) is 5.60. The van der Waals surface area contributed by atoms with Gasteiger partial charge < -0.3 is 10.1 Å². The fourth-order valence-corrected chi connectivity index (χ4v) is 4.01. The molecule has 2 aromatic rings. The van der Waals surface area contributed by atoms with Crippen molar-refractivity contribution in [3.05, 3.63) is 65.2 Å². The van der Waals surface area contributed by atoms with E-state index >= 15 is 0 Å². The molecule has 0 aromatic heterocycles. The predicted molar refractivity (Wildman–Crippen MR) is 118 cm³/mol. The lowest BCUT2D eigenvalue weighted by Gasteiger charge is -2.31. The summed E-state index contributed by atoms with van der Waals surface area (Å²) < 4.78 is 5.46. The van der Waals surface area contributed by atoms with Gasteiger partial charge in [0.1, 0.15) is 5.75 Å². The zero-order valence-electron chi connectivity index (χ0n) is 17.8. The number of nitrogens with zero attached hydrogens (tertiary/aromatic N) is 1. The van der Waals surface area contributed by atoms with Gasteiger partial charge in [0.15, 0.2) is 0 Å². The van der Waals surface area contributed by atoms with Gasteiger partial charge in [-0.1, -0.05) is 43.3 Å². The van der Waals surface area contributed by atoms with Crippen LogP contribution in [0.4, 0.5) is 0 Å². The Morgan fingerprint density at radius 2 is 1.90 bits per heavy atom. The van der Waals surface area contributed by atoms with Crippen LogP contribution >= 0.6 is 0 Å². The average Bonchev–Trinajstić information content (AvgIpc) is 2.73. The number of rotatable bonds is 9. The Morgan fingerprint density at radius 1 is 1.14 bits per heavy atom. The van der Waals surface area contributed by atoms with Crippen LogP contribution in [0.25, 0.3) is 0 Å². The highest BCUT2D eigenvalue weighted by Gasteiger charge is 2.17. The molecule has 4 nitrogen and oxygen atoms in total. The Kier molecular flexibility index (Phi) is 8.12. The summed E-state index contributed by atoms with van der Waals surface area (Å²) in [4.78, 5) is 14.9. The molecule has 156 valence electrons.